The summed E-state index contributed by atoms with van der Waals surface area (Å²) in [5, 5.41) is 12.1. The summed E-state index contributed by atoms with van der Waals surface area (Å²) in [5.74, 6) is -0.538. The lowest BCUT2D eigenvalue weighted by molar-refractivity contribution is -0.676. The molecular weight excluding hydrogens is 812 g/mol. The number of halogens is 1. The Morgan fingerprint density at radius 3 is 1.89 bits per heavy atom. The van der Waals surface area contributed by atoms with Crippen LogP contribution in [-0.2, 0) is 31.0 Å². The Morgan fingerprint density at radius 2 is 1.35 bits per heavy atom. The molecule has 0 unspecified atom stereocenters. The number of imidazole rings is 1. The summed E-state index contributed by atoms with van der Waals surface area (Å²) in [6, 6.07) is 11.8. The lowest BCUT2D eigenvalue weighted by Gasteiger charge is -2.33. The maximum absolute atomic E-state index is 13.7. The van der Waals surface area contributed by atoms with Crippen LogP contribution in [0, 0.1) is 0 Å². The zero-order valence-corrected chi connectivity index (χ0v) is 37.5. The number of aryl methyl sites for hydroxylation is 2. The number of nitrogens with one attached hydrogen (secondary N) is 4. The first-order valence-electron chi connectivity index (χ1n) is 21.5. The fourth-order valence-corrected chi connectivity index (χ4v) is 8.78. The highest BCUT2D eigenvalue weighted by molar-refractivity contribution is 6.31. The molecule has 334 valence electrons. The highest BCUT2D eigenvalue weighted by Gasteiger charge is 2.28. The van der Waals surface area contributed by atoms with Crippen molar-refractivity contribution in [2.24, 2.45) is 0 Å². The molecule has 2 saturated carbocycles. The van der Waals surface area contributed by atoms with Crippen LogP contribution < -0.4 is 42.0 Å². The van der Waals surface area contributed by atoms with Crippen molar-refractivity contribution in [1.29, 1.82) is 0 Å². The second-order valence-electron chi connectivity index (χ2n) is 16.7. The molecule has 0 spiro atoms. The second kappa shape index (κ2) is 20.6. The number of anilines is 2. The second-order valence-corrected chi connectivity index (χ2v) is 17.1. The first-order valence-corrected chi connectivity index (χ1v) is 21.9. The molecule has 4 amide bonds. The van der Waals surface area contributed by atoms with E-state index >= 15 is 0 Å². The Morgan fingerprint density at radius 1 is 0.774 bits per heavy atom. The number of carbonyl (C=O) groups is 4. The van der Waals surface area contributed by atoms with Crippen LogP contribution in [-0.4, -0.2) is 107 Å². The first-order chi connectivity index (χ1) is 29.6. The maximum Gasteiger partial charge on any atom is 0.277 e. The number of hydrogen-bond acceptors (Lipinski definition) is 11. The number of amides is 4. The smallest absolute Gasteiger partial charge is 0.277 e. The van der Waals surface area contributed by atoms with Gasteiger partial charge in [-0.3, -0.25) is 19.2 Å². The van der Waals surface area contributed by atoms with Crippen LogP contribution >= 0.6 is 11.6 Å². The molecular formula is C44H62ClN12O5+. The molecule has 2 fully saturated rings. The number of nitrogen functional groups attached to an aromatic ring is 2. The number of carbonyl (C=O) groups excluding carboxylic acids is 4. The van der Waals surface area contributed by atoms with Crippen molar-refractivity contribution in [2.75, 3.05) is 46.3 Å². The van der Waals surface area contributed by atoms with Crippen LogP contribution in [0.3, 0.4) is 0 Å². The standard InChI is InChI=1S/C44H61ClN12O5/c1-7-56-34-18-9-26(19-35(34)57(8-2)37(56)24-49-44(61)38-40(46)53-41(47)39(45)52-38)23-48-36(58)25-62-33-21-27(42(59)50-29-10-14-31(15-11-29)54(3)4)20-28(22-33)43(60)51-30-12-16-32(17-13-30)55(5)6/h9,18-22,29-32H,7-8,10-17,23-25H2,1-6H3,(H7-,46,47,48,49,50,51,53,58,59,60,61)/p+1/t29-,30-,31-,32-. The van der Waals surface area contributed by atoms with Crippen molar-refractivity contribution in [3.8, 4) is 5.75 Å². The summed E-state index contributed by atoms with van der Waals surface area (Å²) in [5.41, 5.74) is 14.8. The SMILES string of the molecule is CCn1c(CNC(=O)c2nc(Cl)c(N)nc2N)[n+](CC)c2ccc(CNC(=O)COc3cc(C(=O)N[C@H]4CC[C@H](N(C)C)CC4)cc(C(=O)N[C@H]4CC[C@H](N(C)C)CC4)c3)cc21. The number of benzene rings is 2. The van der Waals surface area contributed by atoms with E-state index in [1.807, 2.05) is 32.0 Å². The lowest BCUT2D eigenvalue weighted by atomic mass is 9.90. The van der Waals surface area contributed by atoms with E-state index in [9.17, 15) is 19.2 Å². The van der Waals surface area contributed by atoms with E-state index in [1.54, 1.807) is 18.2 Å². The minimum atomic E-state index is -0.539. The van der Waals surface area contributed by atoms with Gasteiger partial charge in [-0.2, -0.15) is 0 Å². The van der Waals surface area contributed by atoms with E-state index in [1.165, 1.54) is 0 Å². The maximum atomic E-state index is 13.7. The van der Waals surface area contributed by atoms with Crippen LogP contribution in [0.4, 0.5) is 11.6 Å². The topological polar surface area (TPSA) is 219 Å². The molecule has 2 aliphatic rings. The number of nitrogens with zero attached hydrogens (tertiary/aromatic N) is 6. The molecule has 0 aliphatic heterocycles. The van der Waals surface area contributed by atoms with E-state index in [2.05, 4.69) is 78.4 Å². The van der Waals surface area contributed by atoms with Crippen LogP contribution in [0.5, 0.6) is 5.75 Å². The molecule has 2 heterocycles. The number of ether oxygens (including phenoxy) is 1. The summed E-state index contributed by atoms with van der Waals surface area (Å²) in [7, 11) is 8.33. The number of aromatic nitrogens is 4. The average Bonchev–Trinajstić information content (AvgIpc) is 3.57. The normalized spacial score (nSPS) is 19.0. The van der Waals surface area contributed by atoms with E-state index in [0.29, 0.717) is 36.3 Å². The quantitative estimate of drug-likeness (QED) is 0.0897. The fraction of sp³-hybridized carbons (Fsp3) is 0.523. The molecule has 18 heteroatoms. The van der Waals surface area contributed by atoms with Gasteiger partial charge in [0.15, 0.2) is 40.1 Å². The first kappa shape index (κ1) is 46.0. The van der Waals surface area contributed by atoms with Gasteiger partial charge in [-0.05, 0) is 129 Å². The average molecular weight is 875 g/mol. The van der Waals surface area contributed by atoms with Crippen molar-refractivity contribution in [2.45, 2.75) is 116 Å². The van der Waals surface area contributed by atoms with Gasteiger partial charge in [-0.25, -0.2) is 19.1 Å². The fourth-order valence-electron chi connectivity index (χ4n) is 8.65. The summed E-state index contributed by atoms with van der Waals surface area (Å²) < 4.78 is 10.2. The monoisotopic (exact) mass is 873 g/mol. The minimum Gasteiger partial charge on any atom is -0.484 e. The molecule has 17 nitrogen and oxygen atoms in total. The molecule has 2 aromatic heterocycles. The van der Waals surface area contributed by atoms with E-state index in [-0.39, 0.29) is 77.7 Å². The van der Waals surface area contributed by atoms with Gasteiger partial charge < -0.3 is 47.3 Å². The van der Waals surface area contributed by atoms with E-state index in [0.717, 1.165) is 73.8 Å². The molecule has 2 aliphatic carbocycles. The Hall–Kier alpha value is -5.52. The summed E-state index contributed by atoms with van der Waals surface area (Å²) >= 11 is 6.00. The van der Waals surface area contributed by atoms with Crippen molar-refractivity contribution in [3.05, 3.63) is 69.8 Å². The summed E-state index contributed by atoms with van der Waals surface area (Å²) in [4.78, 5) is 66.0. The predicted molar refractivity (Wildman–Crippen MR) is 239 cm³/mol. The summed E-state index contributed by atoms with van der Waals surface area (Å²) in [6.45, 7) is 5.36. The van der Waals surface area contributed by atoms with Crippen LogP contribution in [0.1, 0.15) is 108 Å². The Bertz CT molecular complexity index is 2200. The molecule has 0 bridgehead atoms. The van der Waals surface area contributed by atoms with E-state index < -0.39 is 5.91 Å². The number of fused-ring (bicyclic) bond motifs is 1. The van der Waals surface area contributed by atoms with Crippen molar-refractivity contribution in [1.82, 2.24) is 45.6 Å². The van der Waals surface area contributed by atoms with Gasteiger partial charge in [0.2, 0.25) is 0 Å². The zero-order valence-electron chi connectivity index (χ0n) is 36.7. The zero-order chi connectivity index (χ0) is 44.7. The van der Waals surface area contributed by atoms with Crippen LogP contribution in [0.25, 0.3) is 11.0 Å². The Balaban J connectivity index is 1.11. The number of hydrogen-bond donors (Lipinski definition) is 6. The van der Waals surface area contributed by atoms with Crippen molar-refractivity contribution >= 4 is 57.9 Å². The van der Waals surface area contributed by atoms with Gasteiger partial charge in [0.1, 0.15) is 12.3 Å². The third-order valence-electron chi connectivity index (χ3n) is 12.2. The Labute approximate surface area is 368 Å². The van der Waals surface area contributed by atoms with Crippen LogP contribution in [0.15, 0.2) is 36.4 Å². The van der Waals surface area contributed by atoms with Gasteiger partial charge in [-0.1, -0.05) is 17.7 Å². The largest absolute Gasteiger partial charge is 0.484 e. The molecule has 0 radical (unpaired) electrons. The number of rotatable bonds is 16. The third-order valence-corrected chi connectivity index (χ3v) is 12.5. The highest BCUT2D eigenvalue weighted by Crippen LogP contribution is 2.26. The lowest BCUT2D eigenvalue weighted by Crippen LogP contribution is -2.42. The van der Waals surface area contributed by atoms with Crippen LogP contribution in [0.2, 0.25) is 5.15 Å². The molecule has 4 aromatic rings. The number of nitrogens with two attached hydrogens (primary N) is 2. The molecule has 6 rings (SSSR count). The third kappa shape index (κ3) is 11.1. The van der Waals surface area contributed by atoms with Gasteiger partial charge in [0, 0.05) is 41.8 Å². The van der Waals surface area contributed by atoms with Gasteiger partial charge in [0.25, 0.3) is 29.5 Å². The molecule has 8 N–H and O–H groups in total. The van der Waals surface area contributed by atoms with Gasteiger partial charge >= 0.3 is 0 Å². The van der Waals surface area contributed by atoms with Gasteiger partial charge in [-0.15, -0.1) is 0 Å². The minimum absolute atomic E-state index is 0.0350. The highest BCUT2D eigenvalue weighted by atomic mass is 35.5. The molecule has 0 atom stereocenters. The predicted octanol–water partition coefficient (Wildman–Crippen LogP) is 3.41. The summed E-state index contributed by atoms with van der Waals surface area (Å²) in [6.07, 6.45) is 7.46. The van der Waals surface area contributed by atoms with E-state index in [4.69, 9.17) is 27.8 Å². The molecule has 2 aromatic carbocycles. The Kier molecular flexibility index (Phi) is 15.3. The van der Waals surface area contributed by atoms with Gasteiger partial charge in [0.05, 0.1) is 13.1 Å². The molecule has 0 saturated heterocycles. The van der Waals surface area contributed by atoms with Crippen molar-refractivity contribution in [3.63, 3.8) is 0 Å². The molecule has 62 heavy (non-hydrogen) atoms. The van der Waals surface area contributed by atoms with Crippen molar-refractivity contribution < 1.29 is 28.5 Å².